The second kappa shape index (κ2) is 9.12. The third kappa shape index (κ3) is 4.53. The number of imidazole rings is 1. The first-order valence-electron chi connectivity index (χ1n) is 10.8. The number of H-pyrrole nitrogens is 1. The third-order valence-corrected chi connectivity index (χ3v) is 8.02. The van der Waals surface area contributed by atoms with Crippen LogP contribution in [0.1, 0.15) is 30.6 Å². The Hall–Kier alpha value is -2.60. The normalized spacial score (nSPS) is 29.2. The molecular weight excluding hydrogens is 504 g/mol. The number of nitrogen functional groups attached to an aromatic ring is 1. The van der Waals surface area contributed by atoms with E-state index in [1.54, 1.807) is 10.6 Å². The maximum Gasteiger partial charge on any atom is 0.475 e. The predicted molar refractivity (Wildman–Crippen MR) is 124 cm³/mol. The Bertz CT molecular complexity index is 1410. The van der Waals surface area contributed by atoms with Crippen molar-refractivity contribution >= 4 is 36.5 Å². The molecule has 35 heavy (non-hydrogen) atoms. The molecule has 1 saturated heterocycles. The molecule has 1 aromatic carbocycles. The van der Waals surface area contributed by atoms with Gasteiger partial charge < -0.3 is 15.4 Å². The van der Waals surface area contributed by atoms with Gasteiger partial charge in [0.15, 0.2) is 11.2 Å². The molecule has 2 aliphatic rings. The number of phosphoric ester groups is 1. The number of phosphoric acid groups is 1. The summed E-state index contributed by atoms with van der Waals surface area (Å²) in [7, 11) is -4.00. The van der Waals surface area contributed by atoms with Gasteiger partial charge in [-0.2, -0.15) is 4.98 Å². The third-order valence-electron chi connectivity index (χ3n) is 6.23. The number of hydrogen-bond acceptors (Lipinski definition) is 9. The van der Waals surface area contributed by atoms with Gasteiger partial charge >= 0.3 is 7.82 Å². The van der Waals surface area contributed by atoms with Crippen LogP contribution >= 0.6 is 19.4 Å². The minimum atomic E-state index is -4.00. The van der Waals surface area contributed by atoms with E-state index in [2.05, 4.69) is 21.5 Å². The number of aliphatic hydroxyl groups is 1. The molecule has 14 heteroatoms. The summed E-state index contributed by atoms with van der Waals surface area (Å²) in [5.41, 5.74) is 6.59. The number of hydrogen-bond donors (Lipinski definition) is 3. The molecule has 1 aliphatic heterocycles. The fraction of sp³-hybridized carbons (Fsp3) is 0.381. The van der Waals surface area contributed by atoms with Crippen molar-refractivity contribution in [3.8, 4) is 0 Å². The number of benzene rings is 1. The van der Waals surface area contributed by atoms with E-state index < -0.39 is 43.4 Å². The fourth-order valence-corrected chi connectivity index (χ4v) is 5.93. The van der Waals surface area contributed by atoms with Gasteiger partial charge in [-0.15, -0.1) is 0 Å². The van der Waals surface area contributed by atoms with Crippen molar-refractivity contribution in [3.05, 3.63) is 63.4 Å². The molecule has 5 rings (SSSR count). The zero-order valence-corrected chi connectivity index (χ0v) is 19.9. The Morgan fingerprint density at radius 2 is 2.26 bits per heavy atom. The summed E-state index contributed by atoms with van der Waals surface area (Å²) in [6.45, 7) is 3.96. The van der Waals surface area contributed by atoms with E-state index in [0.717, 1.165) is 0 Å². The van der Waals surface area contributed by atoms with Gasteiger partial charge in [0.2, 0.25) is 5.95 Å². The number of rotatable bonds is 5. The quantitative estimate of drug-likeness (QED) is 0.336. The Balaban J connectivity index is 1.30. The van der Waals surface area contributed by atoms with Crippen LogP contribution in [-0.2, 0) is 18.1 Å². The van der Waals surface area contributed by atoms with Crippen LogP contribution in [0.15, 0.2) is 41.5 Å². The summed E-state index contributed by atoms with van der Waals surface area (Å²) in [6, 6.07) is 3.75. The highest BCUT2D eigenvalue weighted by Crippen LogP contribution is 2.58. The van der Waals surface area contributed by atoms with Crippen LogP contribution < -0.4 is 11.3 Å². The Labute approximate surface area is 203 Å². The molecule has 186 valence electrons. The summed E-state index contributed by atoms with van der Waals surface area (Å²) in [5.74, 6) is -1.28. The lowest BCUT2D eigenvalue weighted by molar-refractivity contribution is 0.0165. The maximum absolute atomic E-state index is 13.9. The summed E-state index contributed by atoms with van der Waals surface area (Å²) in [4.78, 5) is 22.7. The maximum atomic E-state index is 13.9. The van der Waals surface area contributed by atoms with Crippen molar-refractivity contribution in [3.63, 3.8) is 0 Å². The summed E-state index contributed by atoms with van der Waals surface area (Å²) in [5, 5.41) is 10.7. The average molecular weight is 526 g/mol. The van der Waals surface area contributed by atoms with Gasteiger partial charge in [0.05, 0.1) is 42.8 Å². The van der Waals surface area contributed by atoms with Crippen LogP contribution in [0.5, 0.6) is 0 Å². The van der Waals surface area contributed by atoms with E-state index in [9.17, 15) is 18.9 Å². The summed E-state index contributed by atoms with van der Waals surface area (Å²) in [6.07, 6.45) is 0.423. The van der Waals surface area contributed by atoms with Crippen molar-refractivity contribution in [2.24, 2.45) is 5.92 Å². The minimum Gasteiger partial charge on any atom is -0.392 e. The van der Waals surface area contributed by atoms with Crippen molar-refractivity contribution in [2.45, 2.75) is 31.1 Å². The molecule has 0 spiro atoms. The number of anilines is 1. The van der Waals surface area contributed by atoms with Crippen molar-refractivity contribution in [1.82, 2.24) is 19.5 Å². The van der Waals surface area contributed by atoms with Gasteiger partial charge in [0.25, 0.3) is 5.56 Å². The number of aromatic nitrogens is 4. The van der Waals surface area contributed by atoms with E-state index in [0.29, 0.717) is 17.6 Å². The molecule has 4 N–H and O–H groups in total. The van der Waals surface area contributed by atoms with Crippen molar-refractivity contribution in [2.75, 3.05) is 18.9 Å². The van der Waals surface area contributed by atoms with E-state index in [-0.39, 0.29) is 41.8 Å². The number of nitrogens with one attached hydrogen (secondary N) is 1. The average Bonchev–Trinajstić information content (AvgIpc) is 3.34. The Morgan fingerprint density at radius 1 is 1.46 bits per heavy atom. The predicted octanol–water partition coefficient (Wildman–Crippen LogP) is 3.28. The molecule has 11 nitrogen and oxygen atoms in total. The van der Waals surface area contributed by atoms with Gasteiger partial charge in [0, 0.05) is 12.3 Å². The van der Waals surface area contributed by atoms with Gasteiger partial charge in [-0.3, -0.25) is 23.3 Å². The highest BCUT2D eigenvalue weighted by Gasteiger charge is 2.42. The van der Waals surface area contributed by atoms with Gasteiger partial charge in [-0.1, -0.05) is 24.2 Å². The number of aliphatic hydroxyl groups excluding tert-OH is 1. The van der Waals surface area contributed by atoms with Crippen LogP contribution in [0.25, 0.3) is 11.2 Å². The first-order chi connectivity index (χ1) is 16.6. The van der Waals surface area contributed by atoms with Crippen LogP contribution in [-0.4, -0.2) is 43.9 Å². The summed E-state index contributed by atoms with van der Waals surface area (Å²) >= 11 is 5.74. The first-order valence-corrected chi connectivity index (χ1v) is 12.6. The van der Waals surface area contributed by atoms with E-state index in [1.807, 2.05) is 0 Å². The number of halogens is 2. The standard InChI is InChI=1S/C21H22ClFN5O6P/c1-10-12(16(29)7-15(10)28-9-25-18-19(28)26-21(24)27-20(18)30)8-33-35(31)32-5-4-17(34-35)11-2-3-13(22)14(23)6-11/h2-3,6,9,12,15-17,29H,1,4-5,7-8H2,(H3,24,26,27,30)/t12-,15-,16-,17+,35-/m0/s1. The van der Waals surface area contributed by atoms with E-state index in [4.69, 9.17) is 30.9 Å². The highest BCUT2D eigenvalue weighted by atomic mass is 35.5. The largest absolute Gasteiger partial charge is 0.475 e. The summed E-state index contributed by atoms with van der Waals surface area (Å²) < 4.78 is 45.0. The molecule has 0 radical (unpaired) electrons. The number of nitrogens with two attached hydrogens (primary N) is 1. The number of nitrogens with zero attached hydrogens (tertiary/aromatic N) is 3. The molecule has 0 amide bonds. The zero-order chi connectivity index (χ0) is 24.9. The zero-order valence-electron chi connectivity index (χ0n) is 18.3. The molecule has 2 fully saturated rings. The monoisotopic (exact) mass is 525 g/mol. The lowest BCUT2D eigenvalue weighted by Gasteiger charge is -2.30. The molecule has 0 unspecified atom stereocenters. The molecule has 5 atom stereocenters. The topological polar surface area (TPSA) is 155 Å². The van der Waals surface area contributed by atoms with Crippen molar-refractivity contribution in [1.29, 1.82) is 0 Å². The lowest BCUT2D eigenvalue weighted by atomic mass is 10.0. The van der Waals surface area contributed by atoms with Gasteiger partial charge in [-0.05, 0) is 29.7 Å². The molecule has 1 aliphatic carbocycles. The van der Waals surface area contributed by atoms with Crippen LogP contribution in [0.4, 0.5) is 10.3 Å². The minimum absolute atomic E-state index is 0.0308. The molecule has 3 aromatic rings. The molecular formula is C21H22ClFN5O6P. The van der Waals surface area contributed by atoms with E-state index >= 15 is 0 Å². The van der Waals surface area contributed by atoms with Gasteiger partial charge in [0.1, 0.15) is 5.82 Å². The second-order valence-electron chi connectivity index (χ2n) is 8.41. The highest BCUT2D eigenvalue weighted by molar-refractivity contribution is 7.48. The Kier molecular flexibility index (Phi) is 6.28. The number of fused-ring (bicyclic) bond motifs is 1. The van der Waals surface area contributed by atoms with E-state index in [1.165, 1.54) is 18.5 Å². The molecule has 1 saturated carbocycles. The molecule has 0 bridgehead atoms. The van der Waals surface area contributed by atoms with Crippen molar-refractivity contribution < 1.29 is 27.6 Å². The Morgan fingerprint density at radius 3 is 3.03 bits per heavy atom. The van der Waals surface area contributed by atoms with Crippen LogP contribution in [0, 0.1) is 11.7 Å². The fourth-order valence-electron chi connectivity index (χ4n) is 4.41. The first kappa shape index (κ1) is 24.1. The molecule has 2 aromatic heterocycles. The van der Waals surface area contributed by atoms with Crippen LogP contribution in [0.2, 0.25) is 5.02 Å². The SMILES string of the molecule is C=C1[C@H](CO[P@]2(=O)OCC[C@H](c3ccc(Cl)c(F)c3)O2)[C@@H](O)C[C@@H]1n1cnc2c(=O)[nH]c(N)nc21. The smallest absolute Gasteiger partial charge is 0.392 e. The molecule has 3 heterocycles. The number of aromatic amines is 1. The van der Waals surface area contributed by atoms with Crippen LogP contribution in [0.3, 0.4) is 0 Å². The van der Waals surface area contributed by atoms with Gasteiger partial charge in [-0.25, -0.2) is 13.9 Å². The second-order valence-corrected chi connectivity index (χ2v) is 10.4. The lowest BCUT2D eigenvalue weighted by Crippen LogP contribution is -2.22.